The largest absolute Gasteiger partial charge is 0.417 e. The summed E-state index contributed by atoms with van der Waals surface area (Å²) in [4.78, 5) is 27.0. The Hall–Kier alpha value is -4.38. The number of nitrogens with two attached hydrogens (primary N) is 1. The molecule has 1 aromatic heterocycles. The third-order valence-electron chi connectivity index (χ3n) is 8.16. The number of alkyl halides is 3. The van der Waals surface area contributed by atoms with E-state index in [0.717, 1.165) is 31.7 Å². The van der Waals surface area contributed by atoms with E-state index >= 15 is 0 Å². The highest BCUT2D eigenvalue weighted by Crippen LogP contribution is 2.37. The van der Waals surface area contributed by atoms with Gasteiger partial charge in [-0.05, 0) is 96.8 Å². The molecule has 4 N–H and O–H groups in total. The molecule has 0 radical (unpaired) electrons. The molecule has 1 saturated carbocycles. The predicted molar refractivity (Wildman–Crippen MR) is 156 cm³/mol. The summed E-state index contributed by atoms with van der Waals surface area (Å²) in [6, 6.07) is 19.1. The number of aromatic amines is 1. The molecule has 1 fully saturated rings. The minimum absolute atomic E-state index is 0.0293. The third kappa shape index (κ3) is 7.53. The second kappa shape index (κ2) is 13.3. The number of aromatic nitrogens is 4. The Morgan fingerprint density at radius 1 is 0.953 bits per heavy atom. The molecule has 5 rings (SSSR count). The lowest BCUT2D eigenvalue weighted by molar-refractivity contribution is -0.137. The first kappa shape index (κ1) is 30.1. The maximum Gasteiger partial charge on any atom is 0.417 e. The molecule has 8 nitrogen and oxygen atoms in total. The van der Waals surface area contributed by atoms with Crippen LogP contribution in [0.5, 0.6) is 0 Å². The van der Waals surface area contributed by atoms with Crippen LogP contribution in [0.25, 0.3) is 22.5 Å². The van der Waals surface area contributed by atoms with Crippen molar-refractivity contribution in [3.8, 4) is 22.5 Å². The number of carbonyl (C=O) groups is 2. The number of benzene rings is 3. The molecule has 1 aliphatic carbocycles. The number of amides is 1. The molecule has 1 amide bonds. The zero-order valence-corrected chi connectivity index (χ0v) is 23.5. The summed E-state index contributed by atoms with van der Waals surface area (Å²) in [6.45, 7) is 0.602. The Labute approximate surface area is 247 Å². The van der Waals surface area contributed by atoms with Gasteiger partial charge in [-0.2, -0.15) is 18.4 Å². The molecule has 0 spiro atoms. The number of halogens is 3. The van der Waals surface area contributed by atoms with Gasteiger partial charge >= 0.3 is 6.18 Å². The smallest absolute Gasteiger partial charge is 0.330 e. The average molecular weight is 591 g/mol. The van der Waals surface area contributed by atoms with Gasteiger partial charge in [0.2, 0.25) is 11.7 Å². The molecule has 11 heteroatoms. The fourth-order valence-corrected chi connectivity index (χ4v) is 5.75. The molecule has 1 atom stereocenters. The molecule has 0 bridgehead atoms. The fraction of sp³-hybridized carbons (Fsp3) is 0.344. The number of hydrogen-bond acceptors (Lipinski definition) is 6. The van der Waals surface area contributed by atoms with Gasteiger partial charge in [0.25, 0.3) is 0 Å². The second-order valence-electron chi connectivity index (χ2n) is 11.1. The lowest BCUT2D eigenvalue weighted by Crippen LogP contribution is -2.31. The molecule has 1 heterocycles. The van der Waals surface area contributed by atoms with E-state index in [1.807, 2.05) is 0 Å². The van der Waals surface area contributed by atoms with Crippen LogP contribution < -0.4 is 11.1 Å². The van der Waals surface area contributed by atoms with Crippen molar-refractivity contribution in [3.63, 3.8) is 0 Å². The number of H-pyrrole nitrogens is 1. The van der Waals surface area contributed by atoms with E-state index in [1.165, 1.54) is 12.1 Å². The molecule has 224 valence electrons. The van der Waals surface area contributed by atoms with E-state index in [4.69, 9.17) is 5.73 Å². The van der Waals surface area contributed by atoms with Gasteiger partial charge in [-0.25, -0.2) is 0 Å². The third-order valence-corrected chi connectivity index (χ3v) is 8.16. The molecule has 3 aromatic carbocycles. The predicted octanol–water partition coefficient (Wildman–Crippen LogP) is 6.07. The summed E-state index contributed by atoms with van der Waals surface area (Å²) in [5, 5.41) is 16.7. The van der Waals surface area contributed by atoms with Gasteiger partial charge in [0.05, 0.1) is 5.56 Å². The van der Waals surface area contributed by atoms with Crippen LogP contribution in [0.3, 0.4) is 0 Å². The summed E-state index contributed by atoms with van der Waals surface area (Å²) >= 11 is 0. The number of Topliss-reactive ketones (excluding diaryl/α,β-unsaturated/α-hetero) is 1. The highest BCUT2D eigenvalue weighted by Gasteiger charge is 2.34. The van der Waals surface area contributed by atoms with Crippen LogP contribution in [0.4, 0.5) is 18.9 Å². The Morgan fingerprint density at radius 3 is 2.37 bits per heavy atom. The van der Waals surface area contributed by atoms with Gasteiger partial charge in [-0.15, -0.1) is 10.2 Å². The van der Waals surface area contributed by atoms with Crippen molar-refractivity contribution in [2.45, 2.75) is 44.7 Å². The number of tetrazole rings is 1. The van der Waals surface area contributed by atoms with E-state index in [-0.39, 0.29) is 36.0 Å². The number of nitrogens with one attached hydrogen (secondary N) is 2. The summed E-state index contributed by atoms with van der Waals surface area (Å²) < 4.78 is 41.2. The van der Waals surface area contributed by atoms with Crippen LogP contribution >= 0.6 is 0 Å². The van der Waals surface area contributed by atoms with E-state index < -0.39 is 17.7 Å². The first-order valence-corrected chi connectivity index (χ1v) is 14.3. The van der Waals surface area contributed by atoms with Crippen LogP contribution in [-0.4, -0.2) is 38.9 Å². The van der Waals surface area contributed by atoms with Gasteiger partial charge < -0.3 is 11.1 Å². The monoisotopic (exact) mass is 590 g/mol. The molecule has 0 unspecified atom stereocenters. The Morgan fingerprint density at radius 2 is 1.70 bits per heavy atom. The first-order chi connectivity index (χ1) is 20.7. The van der Waals surface area contributed by atoms with Crippen LogP contribution in [0.1, 0.15) is 43.2 Å². The molecular weight excluding hydrogens is 557 g/mol. The van der Waals surface area contributed by atoms with E-state index in [0.29, 0.717) is 40.7 Å². The standard InChI is InChI=1S/C32H33F3N6O2/c33-32(34,35)28-7-2-1-6-27(28)24-5-3-4-21(16-24)17-25(18-29(42)22-10-8-20(19-36)9-11-22)31(43)37-26-14-12-23(13-15-26)30-38-40-41-39-30/h1-7,12-16,20,22,25H,8-11,17-19,36H2,(H,37,43)(H,38,39,40,41)/t20?,22?,25-/m1/s1. The molecule has 0 saturated heterocycles. The molecule has 1 aliphatic rings. The summed E-state index contributed by atoms with van der Waals surface area (Å²) in [5.74, 6) is -0.320. The highest BCUT2D eigenvalue weighted by atomic mass is 19.4. The highest BCUT2D eigenvalue weighted by molar-refractivity contribution is 5.96. The minimum Gasteiger partial charge on any atom is -0.330 e. The number of nitrogens with zero attached hydrogens (tertiary/aromatic N) is 3. The Bertz CT molecular complexity index is 1530. The summed E-state index contributed by atoms with van der Waals surface area (Å²) in [6.07, 6.45) is -1.02. The second-order valence-corrected chi connectivity index (χ2v) is 11.1. The van der Waals surface area contributed by atoms with Crippen LogP contribution in [-0.2, 0) is 22.2 Å². The van der Waals surface area contributed by atoms with Crippen molar-refractivity contribution in [2.75, 3.05) is 11.9 Å². The average Bonchev–Trinajstić information content (AvgIpc) is 3.56. The van der Waals surface area contributed by atoms with Crippen LogP contribution in [0.2, 0.25) is 0 Å². The number of hydrogen-bond donors (Lipinski definition) is 3. The topological polar surface area (TPSA) is 127 Å². The van der Waals surface area contributed by atoms with Crippen LogP contribution in [0.15, 0.2) is 72.8 Å². The maximum atomic E-state index is 13.7. The number of carbonyl (C=O) groups excluding carboxylic acids is 2. The first-order valence-electron chi connectivity index (χ1n) is 14.3. The van der Waals surface area contributed by atoms with E-state index in [9.17, 15) is 22.8 Å². The van der Waals surface area contributed by atoms with Crippen LogP contribution in [0, 0.1) is 17.8 Å². The van der Waals surface area contributed by atoms with Gasteiger partial charge in [-0.3, -0.25) is 9.59 Å². The SMILES string of the molecule is NCC1CCC(C(=O)C[C@@H](Cc2cccc(-c3ccccc3C(F)(F)F)c2)C(=O)Nc2ccc(-c3nn[nH]n3)cc2)CC1. The quantitative estimate of drug-likeness (QED) is 0.206. The molecule has 43 heavy (non-hydrogen) atoms. The lowest BCUT2D eigenvalue weighted by atomic mass is 9.77. The van der Waals surface area contributed by atoms with E-state index in [2.05, 4.69) is 25.9 Å². The van der Waals surface area contributed by atoms with Gasteiger partial charge in [0, 0.05) is 29.5 Å². The van der Waals surface area contributed by atoms with Gasteiger partial charge in [-0.1, -0.05) is 42.5 Å². The molecule has 0 aliphatic heterocycles. The maximum absolute atomic E-state index is 13.7. The van der Waals surface area contributed by atoms with E-state index in [1.54, 1.807) is 54.6 Å². The summed E-state index contributed by atoms with van der Waals surface area (Å²) in [7, 11) is 0. The van der Waals surface area contributed by atoms with Crippen molar-refractivity contribution in [3.05, 3.63) is 83.9 Å². The zero-order chi connectivity index (χ0) is 30.4. The van der Waals surface area contributed by atoms with Gasteiger partial charge in [0.15, 0.2) is 0 Å². The van der Waals surface area contributed by atoms with Crippen molar-refractivity contribution in [2.24, 2.45) is 23.5 Å². The van der Waals surface area contributed by atoms with Crippen molar-refractivity contribution in [1.29, 1.82) is 0 Å². The zero-order valence-electron chi connectivity index (χ0n) is 23.5. The van der Waals surface area contributed by atoms with Crippen molar-refractivity contribution < 1.29 is 22.8 Å². The van der Waals surface area contributed by atoms with Crippen molar-refractivity contribution in [1.82, 2.24) is 20.6 Å². The number of rotatable bonds is 10. The normalized spacial score (nSPS) is 17.8. The number of ketones is 1. The minimum atomic E-state index is -4.51. The number of anilines is 1. The molecular formula is C32H33F3N6O2. The van der Waals surface area contributed by atoms with Gasteiger partial charge in [0.1, 0.15) is 5.78 Å². The Kier molecular flexibility index (Phi) is 9.30. The fourth-order valence-electron chi connectivity index (χ4n) is 5.75. The lowest BCUT2D eigenvalue weighted by Gasteiger charge is -2.28. The Balaban J connectivity index is 1.37. The summed E-state index contributed by atoms with van der Waals surface area (Å²) in [5.41, 5.74) is 7.46. The van der Waals surface area contributed by atoms with Crippen molar-refractivity contribution >= 4 is 17.4 Å². The molecule has 4 aromatic rings.